The Morgan fingerprint density at radius 3 is 1.45 bits per heavy atom. The number of nitrogens with zero attached hydrogens (tertiary/aromatic N) is 1. The van der Waals surface area contributed by atoms with Crippen LogP contribution in [0.4, 0.5) is 0 Å². The number of carbonyl (C=O) groups is 2. The van der Waals surface area contributed by atoms with E-state index >= 15 is 0 Å². The fraction of sp³-hybridized carbons (Fsp3) is 0.949. The van der Waals surface area contributed by atoms with E-state index in [1.165, 1.54) is 116 Å². The van der Waals surface area contributed by atoms with Gasteiger partial charge in [0, 0.05) is 12.8 Å². The number of hydrogen-bond donors (Lipinski definition) is 0. The maximum Gasteiger partial charge on any atom is 0.306 e. The first kappa shape index (κ1) is 42.9. The van der Waals surface area contributed by atoms with Crippen molar-refractivity contribution in [1.82, 2.24) is 4.90 Å². The van der Waals surface area contributed by atoms with Gasteiger partial charge in [-0.15, -0.1) is 0 Å². The third-order valence-electron chi connectivity index (χ3n) is 8.98. The Morgan fingerprint density at radius 1 is 0.523 bits per heavy atom. The second-order valence-electron chi connectivity index (χ2n) is 13.9. The highest BCUT2D eigenvalue weighted by molar-refractivity contribution is 5.70. The van der Waals surface area contributed by atoms with Crippen molar-refractivity contribution in [3.05, 3.63) is 0 Å². The van der Waals surface area contributed by atoms with Crippen LogP contribution >= 0.6 is 0 Å². The van der Waals surface area contributed by atoms with Crippen LogP contribution in [0, 0.1) is 5.92 Å². The first-order chi connectivity index (χ1) is 21.4. The molecule has 0 amide bonds. The Kier molecular flexibility index (Phi) is 32.4. The van der Waals surface area contributed by atoms with Crippen molar-refractivity contribution in [2.24, 2.45) is 5.92 Å². The summed E-state index contributed by atoms with van der Waals surface area (Å²) >= 11 is 0. The quantitative estimate of drug-likeness (QED) is 0.0527. The Morgan fingerprint density at radius 2 is 0.955 bits per heavy atom. The second kappa shape index (κ2) is 33.3. The highest BCUT2D eigenvalue weighted by Gasteiger charge is 2.19. The van der Waals surface area contributed by atoms with Gasteiger partial charge in [-0.3, -0.25) is 9.59 Å². The third kappa shape index (κ3) is 30.9. The fourth-order valence-electron chi connectivity index (χ4n) is 6.06. The van der Waals surface area contributed by atoms with Gasteiger partial charge in [-0.25, -0.2) is 0 Å². The van der Waals surface area contributed by atoms with E-state index in [1.807, 2.05) is 0 Å². The van der Waals surface area contributed by atoms with Crippen LogP contribution in [0.2, 0.25) is 0 Å². The summed E-state index contributed by atoms with van der Waals surface area (Å²) < 4.78 is 11.7. The molecule has 0 aromatic heterocycles. The summed E-state index contributed by atoms with van der Waals surface area (Å²) in [5, 5.41) is 0. The molecule has 0 rings (SSSR count). The number of hydrogen-bond acceptors (Lipinski definition) is 5. The van der Waals surface area contributed by atoms with Gasteiger partial charge in [-0.2, -0.15) is 0 Å². The Bertz CT molecular complexity index is 623. The molecule has 0 heterocycles. The monoisotopic (exact) mass is 624 g/mol. The van der Waals surface area contributed by atoms with Gasteiger partial charge in [0.1, 0.15) is 12.7 Å². The number of esters is 2. The maximum absolute atomic E-state index is 13.0. The first-order valence-corrected chi connectivity index (χ1v) is 19.4. The summed E-state index contributed by atoms with van der Waals surface area (Å²) in [6, 6.07) is 0. The summed E-state index contributed by atoms with van der Waals surface area (Å²) in [5.74, 6) is 0.166. The van der Waals surface area contributed by atoms with Crippen LogP contribution < -0.4 is 0 Å². The third-order valence-corrected chi connectivity index (χ3v) is 8.98. The van der Waals surface area contributed by atoms with Gasteiger partial charge in [0.2, 0.25) is 0 Å². The molecule has 262 valence electrons. The van der Waals surface area contributed by atoms with E-state index in [2.05, 4.69) is 39.8 Å². The summed E-state index contributed by atoms with van der Waals surface area (Å²) in [6.07, 6.45) is 32.1. The van der Waals surface area contributed by atoms with Crippen molar-refractivity contribution in [3.63, 3.8) is 0 Å². The molecule has 0 aliphatic heterocycles. The van der Waals surface area contributed by atoms with Crippen LogP contribution in [0.1, 0.15) is 201 Å². The first-order valence-electron chi connectivity index (χ1n) is 19.4. The van der Waals surface area contributed by atoms with Crippen molar-refractivity contribution >= 4 is 11.9 Å². The SMILES string of the molecule is CCCCCCCCCCCCC(COC(=O)CC(CCCCCC)CCCCCCCC)OC(=O)CCCCCN(C)C. The van der Waals surface area contributed by atoms with E-state index in [1.54, 1.807) is 0 Å². The minimum atomic E-state index is -0.316. The van der Waals surface area contributed by atoms with Crippen molar-refractivity contribution in [3.8, 4) is 0 Å². The lowest BCUT2D eigenvalue weighted by Gasteiger charge is -2.20. The predicted octanol–water partition coefficient (Wildman–Crippen LogP) is 11.6. The number of unbranched alkanes of at least 4 members (excludes halogenated alkanes) is 19. The van der Waals surface area contributed by atoms with Gasteiger partial charge < -0.3 is 14.4 Å². The average molecular weight is 624 g/mol. The lowest BCUT2D eigenvalue weighted by molar-refractivity contribution is -0.160. The molecule has 5 heteroatoms. The smallest absolute Gasteiger partial charge is 0.306 e. The van der Waals surface area contributed by atoms with Gasteiger partial charge in [0.25, 0.3) is 0 Å². The van der Waals surface area contributed by atoms with Crippen molar-refractivity contribution < 1.29 is 19.1 Å². The van der Waals surface area contributed by atoms with E-state index in [9.17, 15) is 9.59 Å². The standard InChI is InChI=1S/C39H77NO4/c1-6-9-12-15-17-18-19-20-22-26-31-37(44-38(41)32-27-23-28-33-40(4)5)35-43-39(42)34-36(29-24-14-11-8-3)30-25-21-16-13-10-7-2/h36-37H,6-35H2,1-5H3. The van der Waals surface area contributed by atoms with Gasteiger partial charge in [0.05, 0.1) is 0 Å². The number of ether oxygens (including phenoxy) is 2. The molecule has 0 aromatic carbocycles. The van der Waals surface area contributed by atoms with E-state index in [0.29, 0.717) is 18.8 Å². The molecule has 5 nitrogen and oxygen atoms in total. The molecular weight excluding hydrogens is 546 g/mol. The highest BCUT2D eigenvalue weighted by Crippen LogP contribution is 2.23. The molecule has 0 saturated heterocycles. The van der Waals surface area contributed by atoms with Crippen LogP contribution in [0.15, 0.2) is 0 Å². The van der Waals surface area contributed by atoms with Crippen LogP contribution in [0.5, 0.6) is 0 Å². The van der Waals surface area contributed by atoms with Gasteiger partial charge >= 0.3 is 11.9 Å². The summed E-state index contributed by atoms with van der Waals surface area (Å²) in [6.45, 7) is 8.03. The highest BCUT2D eigenvalue weighted by atomic mass is 16.6. The lowest BCUT2D eigenvalue weighted by atomic mass is 9.91. The largest absolute Gasteiger partial charge is 0.462 e. The van der Waals surface area contributed by atoms with Crippen LogP contribution in [0.25, 0.3) is 0 Å². The molecule has 0 fully saturated rings. The van der Waals surface area contributed by atoms with E-state index in [-0.39, 0.29) is 24.6 Å². The van der Waals surface area contributed by atoms with Gasteiger partial charge in [-0.05, 0) is 65.1 Å². The molecule has 0 aromatic rings. The molecule has 0 bridgehead atoms. The topological polar surface area (TPSA) is 55.8 Å². The zero-order chi connectivity index (χ0) is 32.5. The molecule has 0 aliphatic carbocycles. The fourth-order valence-corrected chi connectivity index (χ4v) is 6.06. The van der Waals surface area contributed by atoms with E-state index < -0.39 is 0 Å². The molecule has 0 radical (unpaired) electrons. The van der Waals surface area contributed by atoms with Crippen molar-refractivity contribution in [2.45, 2.75) is 207 Å². The van der Waals surface area contributed by atoms with Crippen LogP contribution in [-0.2, 0) is 19.1 Å². The molecule has 0 saturated carbocycles. The normalized spacial score (nSPS) is 12.9. The Labute approximate surface area is 275 Å². The maximum atomic E-state index is 13.0. The second-order valence-corrected chi connectivity index (χ2v) is 13.9. The Hall–Kier alpha value is -1.10. The number of rotatable bonds is 34. The molecule has 44 heavy (non-hydrogen) atoms. The Balaban J connectivity index is 4.70. The number of carbonyl (C=O) groups excluding carboxylic acids is 2. The van der Waals surface area contributed by atoms with E-state index in [4.69, 9.17) is 9.47 Å². The van der Waals surface area contributed by atoms with Crippen LogP contribution in [-0.4, -0.2) is 50.2 Å². The summed E-state index contributed by atoms with van der Waals surface area (Å²) in [5.41, 5.74) is 0. The minimum Gasteiger partial charge on any atom is -0.462 e. The average Bonchev–Trinajstić information content (AvgIpc) is 3.00. The van der Waals surface area contributed by atoms with Crippen molar-refractivity contribution in [2.75, 3.05) is 27.2 Å². The van der Waals surface area contributed by atoms with Gasteiger partial charge in [-0.1, -0.05) is 149 Å². The zero-order valence-corrected chi connectivity index (χ0v) is 30.4. The van der Waals surface area contributed by atoms with Crippen molar-refractivity contribution in [1.29, 1.82) is 0 Å². The predicted molar refractivity (Wildman–Crippen MR) is 189 cm³/mol. The summed E-state index contributed by atoms with van der Waals surface area (Å²) in [4.78, 5) is 27.8. The zero-order valence-electron chi connectivity index (χ0n) is 30.4. The molecule has 2 atom stereocenters. The van der Waals surface area contributed by atoms with E-state index in [0.717, 1.165) is 57.9 Å². The minimum absolute atomic E-state index is 0.107. The molecule has 0 spiro atoms. The molecule has 0 N–H and O–H groups in total. The molecular formula is C39H77NO4. The van der Waals surface area contributed by atoms with Gasteiger partial charge in [0.15, 0.2) is 0 Å². The van der Waals surface area contributed by atoms with Crippen LogP contribution in [0.3, 0.4) is 0 Å². The lowest BCUT2D eigenvalue weighted by Crippen LogP contribution is -2.26. The summed E-state index contributed by atoms with van der Waals surface area (Å²) in [7, 11) is 4.16. The molecule has 2 unspecified atom stereocenters. The molecule has 0 aliphatic rings.